The van der Waals surface area contributed by atoms with Crippen LogP contribution in [0.25, 0.3) is 0 Å². The number of aromatic nitrogens is 3. The molecule has 0 radical (unpaired) electrons. The molecule has 8 nitrogen and oxygen atoms in total. The minimum Gasteiger partial charge on any atom is -0.370 e. The number of nitrogens with zero attached hydrogens (tertiary/aromatic N) is 4. The predicted molar refractivity (Wildman–Crippen MR) is 52.2 cm³/mol. The fourth-order valence-corrected chi connectivity index (χ4v) is 0.837. The average Bonchev–Trinajstić information content (AvgIpc) is 2.53. The predicted octanol–water partition coefficient (Wildman–Crippen LogP) is -1.55. The minimum absolute atomic E-state index is 0.00824. The molecule has 0 aliphatic carbocycles. The third kappa shape index (κ3) is 2.73. The topological polar surface area (TPSA) is 144 Å². The molecule has 0 aliphatic heterocycles. The molecule has 1 heterocycles. The molecule has 14 heavy (non-hydrogen) atoms. The molecule has 8 heteroatoms. The van der Waals surface area contributed by atoms with Gasteiger partial charge < -0.3 is 17.2 Å². The Kier molecular flexibility index (Phi) is 3.00. The third-order valence-electron chi connectivity index (χ3n) is 1.40. The van der Waals surface area contributed by atoms with Crippen LogP contribution in [0.3, 0.4) is 0 Å². The number of nitrogens with one attached hydrogen (secondary N) is 1. The van der Waals surface area contributed by atoms with Crippen LogP contribution in [0, 0.1) is 0 Å². The van der Waals surface area contributed by atoms with E-state index in [-0.39, 0.29) is 18.0 Å². The van der Waals surface area contributed by atoms with E-state index in [4.69, 9.17) is 17.2 Å². The maximum Gasteiger partial charge on any atom is 0.219 e. The van der Waals surface area contributed by atoms with Crippen molar-refractivity contribution >= 4 is 11.9 Å². The molecule has 0 bridgehead atoms. The molecule has 1 unspecified atom stereocenters. The molecular formula is C6H12N8. The lowest BCUT2D eigenvalue weighted by Gasteiger charge is -2.01. The van der Waals surface area contributed by atoms with Crippen LogP contribution in [0.2, 0.25) is 0 Å². The summed E-state index contributed by atoms with van der Waals surface area (Å²) in [6, 6.07) is -0.263. The van der Waals surface area contributed by atoms with E-state index in [0.717, 1.165) is 0 Å². The van der Waals surface area contributed by atoms with E-state index >= 15 is 0 Å². The number of H-pyrrole nitrogens is 1. The third-order valence-corrected chi connectivity index (χ3v) is 1.40. The van der Waals surface area contributed by atoms with Gasteiger partial charge in [0.25, 0.3) is 0 Å². The number of rotatable bonds is 2. The molecule has 0 spiro atoms. The van der Waals surface area contributed by atoms with Crippen LogP contribution in [0.1, 0.15) is 18.8 Å². The Bertz CT molecular complexity index is 333. The van der Waals surface area contributed by atoms with Crippen LogP contribution >= 0.6 is 0 Å². The Morgan fingerprint density at radius 1 is 1.50 bits per heavy atom. The standard InChI is InChI=1S/C6H12N8/c1-3(4-10-2-11-14-4)12-6(9)13-5(7)8/h2-3H,1H3,(H,10,11,14)(H6,7,8,9,12,13). The van der Waals surface area contributed by atoms with Gasteiger partial charge in [-0.3, -0.25) is 5.10 Å². The first kappa shape index (κ1) is 9.96. The zero-order chi connectivity index (χ0) is 10.6. The van der Waals surface area contributed by atoms with Crippen molar-refractivity contribution in [1.29, 1.82) is 0 Å². The summed E-state index contributed by atoms with van der Waals surface area (Å²) in [6.07, 6.45) is 1.39. The number of nitrogens with two attached hydrogens (primary N) is 3. The van der Waals surface area contributed by atoms with Gasteiger partial charge in [-0.25, -0.2) is 9.98 Å². The second-order valence-electron chi connectivity index (χ2n) is 2.57. The number of guanidine groups is 2. The van der Waals surface area contributed by atoms with Gasteiger partial charge in [0, 0.05) is 0 Å². The molecule has 1 aromatic heterocycles. The van der Waals surface area contributed by atoms with Crippen molar-refractivity contribution in [2.75, 3.05) is 0 Å². The highest BCUT2D eigenvalue weighted by Crippen LogP contribution is 2.09. The van der Waals surface area contributed by atoms with E-state index in [9.17, 15) is 0 Å². The highest BCUT2D eigenvalue weighted by molar-refractivity contribution is 5.92. The molecule has 1 rings (SSSR count). The van der Waals surface area contributed by atoms with E-state index in [1.54, 1.807) is 6.92 Å². The van der Waals surface area contributed by atoms with Crippen LogP contribution in [-0.2, 0) is 0 Å². The van der Waals surface area contributed by atoms with E-state index in [0.29, 0.717) is 5.82 Å². The Morgan fingerprint density at radius 3 is 2.71 bits per heavy atom. The summed E-state index contributed by atoms with van der Waals surface area (Å²) in [5, 5.41) is 6.34. The van der Waals surface area contributed by atoms with Gasteiger partial charge in [-0.05, 0) is 6.92 Å². The van der Waals surface area contributed by atoms with Crippen LogP contribution in [-0.4, -0.2) is 27.1 Å². The smallest absolute Gasteiger partial charge is 0.219 e. The lowest BCUT2D eigenvalue weighted by atomic mass is 10.3. The van der Waals surface area contributed by atoms with Crippen LogP contribution < -0.4 is 17.2 Å². The largest absolute Gasteiger partial charge is 0.370 e. The van der Waals surface area contributed by atoms with Crippen LogP contribution in [0.4, 0.5) is 0 Å². The summed E-state index contributed by atoms with van der Waals surface area (Å²) < 4.78 is 0. The summed E-state index contributed by atoms with van der Waals surface area (Å²) in [5.74, 6) is 0.476. The van der Waals surface area contributed by atoms with E-state index in [1.807, 2.05) is 0 Å². The number of hydrogen-bond acceptors (Lipinski definition) is 3. The monoisotopic (exact) mass is 196 g/mol. The van der Waals surface area contributed by atoms with Gasteiger partial charge >= 0.3 is 0 Å². The summed E-state index contributed by atoms with van der Waals surface area (Å²) >= 11 is 0. The second kappa shape index (κ2) is 4.21. The van der Waals surface area contributed by atoms with Crippen molar-refractivity contribution in [1.82, 2.24) is 15.2 Å². The van der Waals surface area contributed by atoms with Crippen molar-refractivity contribution in [2.45, 2.75) is 13.0 Å². The summed E-state index contributed by atoms with van der Waals surface area (Å²) in [7, 11) is 0. The highest BCUT2D eigenvalue weighted by atomic mass is 15.2. The lowest BCUT2D eigenvalue weighted by Crippen LogP contribution is -2.26. The van der Waals surface area contributed by atoms with E-state index in [2.05, 4.69) is 25.2 Å². The second-order valence-corrected chi connectivity index (χ2v) is 2.57. The Hall–Kier alpha value is -2.12. The maximum absolute atomic E-state index is 5.42. The molecular weight excluding hydrogens is 184 g/mol. The molecule has 7 N–H and O–H groups in total. The van der Waals surface area contributed by atoms with Crippen molar-refractivity contribution in [2.24, 2.45) is 27.2 Å². The number of aromatic amines is 1. The van der Waals surface area contributed by atoms with E-state index < -0.39 is 0 Å². The molecule has 0 saturated heterocycles. The zero-order valence-corrected chi connectivity index (χ0v) is 7.68. The van der Waals surface area contributed by atoms with Crippen molar-refractivity contribution in [3.8, 4) is 0 Å². The lowest BCUT2D eigenvalue weighted by molar-refractivity contribution is 0.744. The summed E-state index contributed by atoms with van der Waals surface area (Å²) in [4.78, 5) is 11.4. The normalized spacial score (nSPS) is 13.6. The fourth-order valence-electron chi connectivity index (χ4n) is 0.837. The van der Waals surface area contributed by atoms with Crippen molar-refractivity contribution < 1.29 is 0 Å². The van der Waals surface area contributed by atoms with Gasteiger partial charge in [-0.15, -0.1) is 0 Å². The first-order valence-corrected chi connectivity index (χ1v) is 3.87. The molecule has 1 aromatic rings. The molecule has 0 aliphatic rings. The number of aliphatic imine (C=N–C) groups is 2. The molecule has 1 atom stereocenters. The zero-order valence-electron chi connectivity index (χ0n) is 7.68. The first-order chi connectivity index (χ1) is 6.59. The average molecular weight is 196 g/mol. The van der Waals surface area contributed by atoms with Crippen LogP contribution in [0.5, 0.6) is 0 Å². The molecule has 0 fully saturated rings. The Balaban J connectivity index is 2.73. The Labute approximate surface area is 80.3 Å². The quantitative estimate of drug-likeness (QED) is 0.334. The van der Waals surface area contributed by atoms with Gasteiger partial charge in [-0.2, -0.15) is 10.1 Å². The van der Waals surface area contributed by atoms with Gasteiger partial charge in [0.05, 0.1) is 0 Å². The summed E-state index contributed by atoms with van der Waals surface area (Å²) in [6.45, 7) is 1.79. The summed E-state index contributed by atoms with van der Waals surface area (Å²) in [5.41, 5.74) is 15.7. The SMILES string of the molecule is CC(N=C(N)N=C(N)N)c1ncn[nH]1. The molecule has 0 saturated carbocycles. The first-order valence-electron chi connectivity index (χ1n) is 3.87. The highest BCUT2D eigenvalue weighted by Gasteiger charge is 2.06. The maximum atomic E-state index is 5.42. The van der Waals surface area contributed by atoms with E-state index in [1.165, 1.54) is 6.33 Å². The van der Waals surface area contributed by atoms with Crippen molar-refractivity contribution in [3.05, 3.63) is 12.2 Å². The van der Waals surface area contributed by atoms with Crippen molar-refractivity contribution in [3.63, 3.8) is 0 Å². The van der Waals surface area contributed by atoms with Crippen LogP contribution in [0.15, 0.2) is 16.3 Å². The minimum atomic E-state index is -0.263. The van der Waals surface area contributed by atoms with Gasteiger partial charge in [0.2, 0.25) is 5.96 Å². The number of hydrogen-bond donors (Lipinski definition) is 4. The molecule has 0 amide bonds. The Morgan fingerprint density at radius 2 is 2.21 bits per heavy atom. The van der Waals surface area contributed by atoms with Gasteiger partial charge in [0.15, 0.2) is 5.96 Å². The van der Waals surface area contributed by atoms with Gasteiger partial charge in [-0.1, -0.05) is 0 Å². The fraction of sp³-hybridized carbons (Fsp3) is 0.333. The van der Waals surface area contributed by atoms with Gasteiger partial charge in [0.1, 0.15) is 18.2 Å². The molecule has 76 valence electrons. The molecule has 0 aromatic carbocycles.